The molecule has 0 fully saturated rings. The Morgan fingerprint density at radius 3 is 1.44 bits per heavy atom. The Bertz CT molecular complexity index is 185. The van der Waals surface area contributed by atoms with E-state index in [1.807, 2.05) is 7.11 Å². The lowest BCUT2D eigenvalue weighted by atomic mass is 10.00. The Labute approximate surface area is 103 Å². The van der Waals surface area contributed by atoms with Crippen LogP contribution in [0.5, 0.6) is 0 Å². The molecule has 0 heterocycles. The van der Waals surface area contributed by atoms with Gasteiger partial charge in [0, 0.05) is 13.7 Å². The summed E-state index contributed by atoms with van der Waals surface area (Å²) in [6.07, 6.45) is 0. The SMILES string of the molecule is CCO[Si](CC(C)(C)C)(CC(C)(C)C)OC. The highest BCUT2D eigenvalue weighted by Crippen LogP contribution is 2.37. The summed E-state index contributed by atoms with van der Waals surface area (Å²) >= 11 is 0. The Morgan fingerprint density at radius 2 is 1.25 bits per heavy atom. The Hall–Kier alpha value is 0.137. The van der Waals surface area contributed by atoms with Crippen LogP contribution < -0.4 is 0 Å². The van der Waals surface area contributed by atoms with E-state index in [0.717, 1.165) is 18.7 Å². The van der Waals surface area contributed by atoms with Crippen LogP contribution in [-0.2, 0) is 8.85 Å². The number of hydrogen-bond donors (Lipinski definition) is 0. The summed E-state index contributed by atoms with van der Waals surface area (Å²) in [4.78, 5) is 0. The maximum atomic E-state index is 6.05. The molecule has 0 rings (SSSR count). The van der Waals surface area contributed by atoms with Crippen LogP contribution in [0.25, 0.3) is 0 Å². The molecule has 0 N–H and O–H groups in total. The van der Waals surface area contributed by atoms with Crippen molar-refractivity contribution in [1.29, 1.82) is 0 Å². The van der Waals surface area contributed by atoms with Crippen molar-refractivity contribution in [2.45, 2.75) is 60.6 Å². The van der Waals surface area contributed by atoms with Gasteiger partial charge in [-0.1, -0.05) is 41.5 Å². The maximum Gasteiger partial charge on any atom is 0.338 e. The Morgan fingerprint density at radius 1 is 0.875 bits per heavy atom. The third kappa shape index (κ3) is 6.66. The molecule has 0 aromatic carbocycles. The maximum absolute atomic E-state index is 6.05. The van der Waals surface area contributed by atoms with Gasteiger partial charge >= 0.3 is 8.56 Å². The summed E-state index contributed by atoms with van der Waals surface area (Å²) < 4.78 is 11.9. The van der Waals surface area contributed by atoms with Crippen molar-refractivity contribution in [2.24, 2.45) is 10.8 Å². The van der Waals surface area contributed by atoms with Crippen molar-refractivity contribution in [3.05, 3.63) is 0 Å². The van der Waals surface area contributed by atoms with Crippen molar-refractivity contribution in [2.75, 3.05) is 13.7 Å². The summed E-state index contributed by atoms with van der Waals surface area (Å²) in [7, 11) is -0.222. The van der Waals surface area contributed by atoms with Crippen LogP contribution in [0.4, 0.5) is 0 Å². The quantitative estimate of drug-likeness (QED) is 0.677. The molecule has 16 heavy (non-hydrogen) atoms. The lowest BCUT2D eigenvalue weighted by Gasteiger charge is -2.38. The highest BCUT2D eigenvalue weighted by Gasteiger charge is 2.43. The standard InChI is InChI=1S/C13H30O2Si/c1-9-15-16(14-8,10-12(2,3)4)11-13(5,6)7/h9-11H2,1-8H3. The van der Waals surface area contributed by atoms with E-state index in [1.165, 1.54) is 0 Å². The van der Waals surface area contributed by atoms with Gasteiger partial charge in [0.25, 0.3) is 0 Å². The molecule has 98 valence electrons. The summed E-state index contributed by atoms with van der Waals surface area (Å²) in [6.45, 7) is 16.4. The van der Waals surface area contributed by atoms with Gasteiger partial charge in [-0.3, -0.25) is 0 Å². The van der Waals surface area contributed by atoms with Crippen molar-refractivity contribution < 1.29 is 8.85 Å². The average Bonchev–Trinajstić information content (AvgIpc) is 1.98. The van der Waals surface area contributed by atoms with Crippen molar-refractivity contribution in [1.82, 2.24) is 0 Å². The molecule has 0 saturated heterocycles. The van der Waals surface area contributed by atoms with Gasteiger partial charge < -0.3 is 8.85 Å². The molecule has 0 aromatic rings. The van der Waals surface area contributed by atoms with E-state index in [4.69, 9.17) is 8.85 Å². The minimum absolute atomic E-state index is 0.267. The van der Waals surface area contributed by atoms with Gasteiger partial charge in [-0.2, -0.15) is 0 Å². The summed E-state index contributed by atoms with van der Waals surface area (Å²) in [5, 5.41) is 0. The minimum atomic E-state index is -2.04. The molecule has 0 aliphatic carbocycles. The summed E-state index contributed by atoms with van der Waals surface area (Å²) in [6, 6.07) is 2.11. The van der Waals surface area contributed by atoms with Crippen molar-refractivity contribution in [3.63, 3.8) is 0 Å². The Balaban J connectivity index is 4.85. The second kappa shape index (κ2) is 5.65. The lowest BCUT2D eigenvalue weighted by Crippen LogP contribution is -2.47. The molecule has 3 heteroatoms. The smallest absolute Gasteiger partial charge is 0.338 e. The van der Waals surface area contributed by atoms with Crippen LogP contribution in [0.2, 0.25) is 12.1 Å². The van der Waals surface area contributed by atoms with E-state index < -0.39 is 8.56 Å². The lowest BCUT2D eigenvalue weighted by molar-refractivity contribution is 0.181. The average molecular weight is 246 g/mol. The van der Waals surface area contributed by atoms with Crippen molar-refractivity contribution in [3.8, 4) is 0 Å². The predicted molar refractivity (Wildman–Crippen MR) is 72.9 cm³/mol. The van der Waals surface area contributed by atoms with Gasteiger partial charge in [-0.25, -0.2) is 0 Å². The first-order valence-electron chi connectivity index (χ1n) is 6.23. The fourth-order valence-corrected chi connectivity index (χ4v) is 6.74. The van der Waals surface area contributed by atoms with Crippen LogP contribution in [-0.4, -0.2) is 22.3 Å². The van der Waals surface area contributed by atoms with Crippen LogP contribution in [0.3, 0.4) is 0 Å². The molecular formula is C13H30O2Si. The minimum Gasteiger partial charge on any atom is -0.398 e. The van der Waals surface area contributed by atoms with Gasteiger partial charge in [-0.05, 0) is 29.8 Å². The first-order chi connectivity index (χ1) is 7.04. The van der Waals surface area contributed by atoms with Gasteiger partial charge in [0.15, 0.2) is 0 Å². The normalized spacial score (nSPS) is 14.2. The van der Waals surface area contributed by atoms with E-state index in [0.29, 0.717) is 0 Å². The van der Waals surface area contributed by atoms with Gasteiger partial charge in [0.2, 0.25) is 0 Å². The molecule has 0 atom stereocenters. The molecule has 0 aromatic heterocycles. The number of rotatable bonds is 5. The molecule has 0 saturated carbocycles. The van der Waals surface area contributed by atoms with E-state index in [2.05, 4.69) is 48.5 Å². The van der Waals surface area contributed by atoms with Crippen LogP contribution in [0.1, 0.15) is 48.5 Å². The van der Waals surface area contributed by atoms with Crippen molar-refractivity contribution >= 4 is 8.56 Å². The number of hydrogen-bond acceptors (Lipinski definition) is 2. The van der Waals surface area contributed by atoms with E-state index in [1.54, 1.807) is 0 Å². The summed E-state index contributed by atoms with van der Waals surface area (Å²) in [5.74, 6) is 0. The van der Waals surface area contributed by atoms with Crippen LogP contribution in [0, 0.1) is 10.8 Å². The zero-order valence-corrected chi connectivity index (χ0v) is 13.4. The highest BCUT2D eigenvalue weighted by atomic mass is 28.4. The van der Waals surface area contributed by atoms with E-state index >= 15 is 0 Å². The summed E-state index contributed by atoms with van der Waals surface area (Å²) in [5.41, 5.74) is 0.533. The molecule has 0 bridgehead atoms. The molecule has 0 spiro atoms. The zero-order chi connectivity index (χ0) is 13.0. The van der Waals surface area contributed by atoms with Gasteiger partial charge in [-0.15, -0.1) is 0 Å². The molecule has 0 aliphatic rings. The fourth-order valence-electron chi connectivity index (χ4n) is 2.25. The van der Waals surface area contributed by atoms with E-state index in [9.17, 15) is 0 Å². The largest absolute Gasteiger partial charge is 0.398 e. The molecular weight excluding hydrogens is 216 g/mol. The first kappa shape index (κ1) is 16.1. The highest BCUT2D eigenvalue weighted by molar-refractivity contribution is 6.67. The molecule has 2 nitrogen and oxygen atoms in total. The second-order valence-electron chi connectivity index (χ2n) is 7.02. The Kier molecular flexibility index (Phi) is 5.70. The monoisotopic (exact) mass is 246 g/mol. The predicted octanol–water partition coefficient (Wildman–Crippen LogP) is 4.20. The first-order valence-corrected chi connectivity index (χ1v) is 8.46. The van der Waals surface area contributed by atoms with Crippen LogP contribution >= 0.6 is 0 Å². The van der Waals surface area contributed by atoms with Crippen LogP contribution in [0.15, 0.2) is 0 Å². The third-order valence-electron chi connectivity index (χ3n) is 2.38. The molecule has 0 amide bonds. The van der Waals surface area contributed by atoms with E-state index in [-0.39, 0.29) is 10.8 Å². The van der Waals surface area contributed by atoms with Gasteiger partial charge in [0.1, 0.15) is 0 Å². The molecule has 0 aliphatic heterocycles. The van der Waals surface area contributed by atoms with Gasteiger partial charge in [0.05, 0.1) is 0 Å². The topological polar surface area (TPSA) is 18.5 Å². The fraction of sp³-hybridized carbons (Fsp3) is 1.00. The second-order valence-corrected chi connectivity index (χ2v) is 10.2. The zero-order valence-electron chi connectivity index (χ0n) is 12.4. The third-order valence-corrected chi connectivity index (χ3v) is 7.14. The molecule has 0 radical (unpaired) electrons. The molecule has 0 unspecified atom stereocenters.